The second-order valence-electron chi connectivity index (χ2n) is 10.0. The Morgan fingerprint density at radius 1 is 0.757 bits per heavy atom. The van der Waals surface area contributed by atoms with Crippen LogP contribution in [0.1, 0.15) is 31.9 Å². The molecule has 0 fully saturated rings. The maximum absolute atomic E-state index is 7.21. The van der Waals surface area contributed by atoms with Gasteiger partial charge in [-0.2, -0.15) is 0 Å². The van der Waals surface area contributed by atoms with Crippen molar-refractivity contribution in [1.82, 2.24) is 0 Å². The number of thioether (sulfide) groups is 2. The van der Waals surface area contributed by atoms with E-state index in [1.165, 1.54) is 15.9 Å². The van der Waals surface area contributed by atoms with Gasteiger partial charge < -0.3 is 4.43 Å². The lowest BCUT2D eigenvalue weighted by Crippen LogP contribution is -2.68. The quantitative estimate of drug-likeness (QED) is 0.198. The zero-order valence-electron chi connectivity index (χ0n) is 21.0. The van der Waals surface area contributed by atoms with Crippen molar-refractivity contribution in [2.75, 3.05) is 0 Å². The summed E-state index contributed by atoms with van der Waals surface area (Å²) < 4.78 is 7.90. The molecule has 0 amide bonds. The SMILES string of the molecule is CC(C)(C)[Si](Oc1ccc(C2(c3cc(Br)ccc3Cl)SC=CS2)cc1)(c1ccccc1)c1ccccc1. The zero-order valence-corrected chi connectivity index (χ0v) is 25.9. The molecule has 0 N–H and O–H groups in total. The van der Waals surface area contributed by atoms with Crippen LogP contribution in [-0.2, 0) is 4.08 Å². The van der Waals surface area contributed by atoms with Crippen LogP contribution >= 0.6 is 51.1 Å². The lowest BCUT2D eigenvalue weighted by atomic mass is 10.0. The van der Waals surface area contributed by atoms with Crippen molar-refractivity contribution in [3.63, 3.8) is 0 Å². The van der Waals surface area contributed by atoms with Crippen molar-refractivity contribution in [3.05, 3.63) is 135 Å². The largest absolute Gasteiger partial charge is 0.534 e. The Balaban J connectivity index is 1.59. The first-order valence-electron chi connectivity index (χ1n) is 12.1. The predicted octanol–water partition coefficient (Wildman–Crippen LogP) is 9.19. The topological polar surface area (TPSA) is 9.23 Å². The zero-order chi connectivity index (χ0) is 26.1. The van der Waals surface area contributed by atoms with E-state index in [1.807, 2.05) is 12.1 Å². The van der Waals surface area contributed by atoms with Crippen molar-refractivity contribution in [2.45, 2.75) is 29.9 Å². The van der Waals surface area contributed by atoms with Crippen molar-refractivity contribution >= 4 is 69.7 Å². The molecule has 0 spiro atoms. The minimum atomic E-state index is -2.69. The van der Waals surface area contributed by atoms with Crippen molar-refractivity contribution in [2.24, 2.45) is 0 Å². The molecule has 0 saturated carbocycles. The van der Waals surface area contributed by atoms with E-state index < -0.39 is 8.32 Å². The number of hydrogen-bond donors (Lipinski definition) is 0. The van der Waals surface area contributed by atoms with Crippen LogP contribution in [0.15, 0.2) is 118 Å². The average molecular weight is 624 g/mol. The van der Waals surface area contributed by atoms with E-state index in [1.54, 1.807) is 23.5 Å². The molecule has 0 unspecified atom stereocenters. The Hall–Kier alpha value is -1.89. The van der Waals surface area contributed by atoms with Crippen LogP contribution in [0, 0.1) is 0 Å². The Morgan fingerprint density at radius 2 is 1.30 bits per heavy atom. The second-order valence-corrected chi connectivity index (χ2v) is 18.1. The Bertz CT molecular complexity index is 1360. The van der Waals surface area contributed by atoms with Crippen molar-refractivity contribution in [3.8, 4) is 5.75 Å². The molecule has 4 aromatic carbocycles. The van der Waals surface area contributed by atoms with Crippen LogP contribution in [0.3, 0.4) is 0 Å². The molecule has 0 saturated heterocycles. The highest BCUT2D eigenvalue weighted by molar-refractivity contribution is 9.10. The van der Waals surface area contributed by atoms with Gasteiger partial charge in [-0.1, -0.05) is 121 Å². The molecule has 0 radical (unpaired) electrons. The fourth-order valence-corrected chi connectivity index (χ4v) is 12.7. The van der Waals surface area contributed by atoms with Gasteiger partial charge in [0, 0.05) is 15.1 Å². The molecule has 0 aliphatic carbocycles. The first-order valence-corrected chi connectivity index (χ1v) is 17.0. The van der Waals surface area contributed by atoms with Crippen LogP contribution in [-0.4, -0.2) is 8.32 Å². The molecule has 0 atom stereocenters. The highest BCUT2D eigenvalue weighted by Gasteiger charge is 2.52. The molecule has 5 rings (SSSR count). The summed E-state index contributed by atoms with van der Waals surface area (Å²) in [6, 6.07) is 36.2. The van der Waals surface area contributed by atoms with Crippen LogP contribution in [0.4, 0.5) is 0 Å². The molecule has 1 nitrogen and oxygen atoms in total. The predicted molar refractivity (Wildman–Crippen MR) is 169 cm³/mol. The van der Waals surface area contributed by atoms with Gasteiger partial charge in [-0.25, -0.2) is 0 Å². The van der Waals surface area contributed by atoms with Crippen LogP contribution < -0.4 is 14.8 Å². The fourth-order valence-electron chi connectivity index (χ4n) is 5.01. The highest BCUT2D eigenvalue weighted by atomic mass is 79.9. The normalized spacial score (nSPS) is 15.1. The van der Waals surface area contributed by atoms with E-state index >= 15 is 0 Å². The van der Waals surface area contributed by atoms with Crippen molar-refractivity contribution in [1.29, 1.82) is 0 Å². The fraction of sp³-hybridized carbons (Fsp3) is 0.161. The Kier molecular flexibility index (Phi) is 7.72. The summed E-state index contributed by atoms with van der Waals surface area (Å²) in [5.41, 5.74) is 2.27. The van der Waals surface area contributed by atoms with Crippen molar-refractivity contribution < 1.29 is 4.43 Å². The van der Waals surface area contributed by atoms with Gasteiger partial charge >= 0.3 is 8.32 Å². The smallest absolute Gasteiger partial charge is 0.319 e. The minimum Gasteiger partial charge on any atom is -0.534 e. The Labute approximate surface area is 242 Å². The summed E-state index contributed by atoms with van der Waals surface area (Å²) in [5, 5.41) is 7.49. The number of halogens is 2. The number of benzene rings is 4. The van der Waals surface area contributed by atoms with Crippen LogP contribution in [0.25, 0.3) is 0 Å². The monoisotopic (exact) mass is 622 g/mol. The maximum Gasteiger partial charge on any atom is 0.319 e. The van der Waals surface area contributed by atoms with E-state index in [0.29, 0.717) is 0 Å². The van der Waals surface area contributed by atoms with E-state index in [4.69, 9.17) is 16.0 Å². The van der Waals surface area contributed by atoms with Crippen LogP contribution in [0.2, 0.25) is 10.1 Å². The maximum atomic E-state index is 7.21. The number of hydrogen-bond acceptors (Lipinski definition) is 3. The van der Waals surface area contributed by atoms with Gasteiger partial charge in [0.25, 0.3) is 0 Å². The van der Waals surface area contributed by atoms with Gasteiger partial charge in [0.15, 0.2) is 0 Å². The molecule has 4 aromatic rings. The summed E-state index contributed by atoms with van der Waals surface area (Å²) >= 11 is 13.9. The molecule has 0 bridgehead atoms. The molecule has 6 heteroatoms. The van der Waals surface area contributed by atoms with E-state index in [9.17, 15) is 0 Å². The molecular formula is C31H28BrClOS2Si. The highest BCUT2D eigenvalue weighted by Crippen LogP contribution is 2.59. The summed E-state index contributed by atoms with van der Waals surface area (Å²) in [7, 11) is -2.69. The molecular weight excluding hydrogens is 596 g/mol. The summed E-state index contributed by atoms with van der Waals surface area (Å²) in [5.74, 6) is 0.884. The average Bonchev–Trinajstić information content (AvgIpc) is 3.40. The third kappa shape index (κ3) is 4.97. The third-order valence-corrected chi connectivity index (χ3v) is 15.4. The standard InChI is InChI=1S/C31H28BrClOS2Si/c1-30(2,3)37(26-10-6-4-7-11-26,27-12-8-5-9-13-27)34-25-17-14-23(15-18-25)31(35-20-21-36-31)28-22-24(32)16-19-29(28)33/h4-22H,1-3H3. The second kappa shape index (κ2) is 10.7. The summed E-state index contributed by atoms with van der Waals surface area (Å²) in [6.07, 6.45) is 0. The van der Waals surface area contributed by atoms with Gasteiger partial charge in [-0.15, -0.1) is 23.5 Å². The van der Waals surface area contributed by atoms with Gasteiger partial charge in [0.05, 0.1) is 0 Å². The minimum absolute atomic E-state index is 0.0967. The summed E-state index contributed by atoms with van der Waals surface area (Å²) in [6.45, 7) is 6.90. The molecule has 1 heterocycles. The first kappa shape index (κ1) is 26.7. The lowest BCUT2D eigenvalue weighted by Gasteiger charge is -2.43. The lowest BCUT2D eigenvalue weighted by molar-refractivity contribution is 0.508. The molecule has 1 aliphatic heterocycles. The number of rotatable bonds is 6. The Morgan fingerprint density at radius 3 is 1.81 bits per heavy atom. The molecule has 37 heavy (non-hydrogen) atoms. The van der Waals surface area contributed by atoms with Crippen LogP contribution in [0.5, 0.6) is 5.75 Å². The van der Waals surface area contributed by atoms with E-state index in [0.717, 1.165) is 20.8 Å². The van der Waals surface area contributed by atoms with Gasteiger partial charge in [-0.05, 0) is 62.1 Å². The summed E-state index contributed by atoms with van der Waals surface area (Å²) in [4.78, 5) is 0. The van der Waals surface area contributed by atoms with E-state index in [-0.39, 0.29) is 9.12 Å². The van der Waals surface area contributed by atoms with Gasteiger partial charge in [0.2, 0.25) is 0 Å². The van der Waals surface area contributed by atoms with Gasteiger partial charge in [-0.3, -0.25) is 0 Å². The molecule has 188 valence electrons. The molecule has 1 aliphatic rings. The molecule has 0 aromatic heterocycles. The van der Waals surface area contributed by atoms with E-state index in [2.05, 4.69) is 139 Å². The van der Waals surface area contributed by atoms with Gasteiger partial charge in [0.1, 0.15) is 9.83 Å². The third-order valence-electron chi connectivity index (χ3n) is 6.73. The first-order chi connectivity index (χ1) is 17.8.